The second-order valence-corrected chi connectivity index (χ2v) is 4.25. The van der Waals surface area contributed by atoms with Gasteiger partial charge in [0, 0.05) is 19.0 Å². The van der Waals surface area contributed by atoms with Crippen LogP contribution in [0.1, 0.15) is 18.9 Å². The summed E-state index contributed by atoms with van der Waals surface area (Å²) >= 11 is 5.66. The molecule has 1 aromatic carbocycles. The van der Waals surface area contributed by atoms with E-state index in [1.54, 1.807) is 17.0 Å². The van der Waals surface area contributed by atoms with Gasteiger partial charge in [-0.1, -0.05) is 19.1 Å². The van der Waals surface area contributed by atoms with Gasteiger partial charge in [0.25, 0.3) is 0 Å². The molecule has 0 bridgehead atoms. The molecule has 0 fully saturated rings. The van der Waals surface area contributed by atoms with Gasteiger partial charge in [-0.05, 0) is 24.1 Å². The van der Waals surface area contributed by atoms with Gasteiger partial charge in [0.1, 0.15) is 5.82 Å². The van der Waals surface area contributed by atoms with Gasteiger partial charge < -0.3 is 4.90 Å². The summed E-state index contributed by atoms with van der Waals surface area (Å²) in [5.41, 5.74) is 0.826. The molecule has 1 rings (SSSR count). The van der Waals surface area contributed by atoms with Gasteiger partial charge in [-0.15, -0.1) is 11.6 Å². The first-order valence-electron chi connectivity index (χ1n) is 5.75. The lowest BCUT2D eigenvalue weighted by atomic mass is 10.1. The van der Waals surface area contributed by atoms with Crippen molar-refractivity contribution in [3.05, 3.63) is 35.6 Å². The van der Waals surface area contributed by atoms with Crippen LogP contribution >= 0.6 is 11.6 Å². The minimum Gasteiger partial charge on any atom is -0.341 e. The Balaban J connectivity index is 2.59. The molecular formula is C13H17ClFNO. The number of carbonyl (C=O) groups excluding carboxylic acids is 1. The number of carbonyl (C=O) groups is 1. The second-order valence-electron chi connectivity index (χ2n) is 3.87. The smallest absolute Gasteiger partial charge is 0.227 e. The molecule has 1 amide bonds. The zero-order chi connectivity index (χ0) is 12.7. The predicted molar refractivity (Wildman–Crippen MR) is 67.7 cm³/mol. The lowest BCUT2D eigenvalue weighted by Crippen LogP contribution is -2.34. The van der Waals surface area contributed by atoms with Crippen molar-refractivity contribution in [1.82, 2.24) is 4.90 Å². The van der Waals surface area contributed by atoms with Crippen LogP contribution in [0.25, 0.3) is 0 Å². The largest absolute Gasteiger partial charge is 0.341 e. The number of nitrogens with zero attached hydrogens (tertiary/aromatic N) is 1. The molecule has 1 aromatic rings. The van der Waals surface area contributed by atoms with E-state index in [9.17, 15) is 9.18 Å². The molecule has 0 heterocycles. The van der Waals surface area contributed by atoms with Crippen LogP contribution in [0.15, 0.2) is 24.3 Å². The SMILES string of the molecule is CCCN(CCCl)C(=O)Cc1ccc(F)cc1. The third kappa shape index (κ3) is 4.73. The highest BCUT2D eigenvalue weighted by Gasteiger charge is 2.12. The maximum Gasteiger partial charge on any atom is 0.227 e. The van der Waals surface area contributed by atoms with Crippen LogP contribution in [0.5, 0.6) is 0 Å². The molecule has 0 aliphatic carbocycles. The van der Waals surface area contributed by atoms with Gasteiger partial charge in [-0.25, -0.2) is 4.39 Å². The Kier molecular flexibility index (Phi) is 5.98. The van der Waals surface area contributed by atoms with Crippen LogP contribution in [0.3, 0.4) is 0 Å². The van der Waals surface area contributed by atoms with Crippen molar-refractivity contribution in [2.24, 2.45) is 0 Å². The summed E-state index contributed by atoms with van der Waals surface area (Å²) in [6, 6.07) is 6.01. The molecule has 17 heavy (non-hydrogen) atoms. The fourth-order valence-corrected chi connectivity index (χ4v) is 1.83. The number of halogens is 2. The quantitative estimate of drug-likeness (QED) is 0.718. The Labute approximate surface area is 106 Å². The molecule has 0 spiro atoms. The first-order chi connectivity index (χ1) is 8.17. The number of alkyl halides is 1. The zero-order valence-corrected chi connectivity index (χ0v) is 10.7. The molecule has 2 nitrogen and oxygen atoms in total. The summed E-state index contributed by atoms with van der Waals surface area (Å²) in [5, 5.41) is 0. The Morgan fingerprint density at radius 1 is 1.29 bits per heavy atom. The van der Waals surface area contributed by atoms with E-state index in [2.05, 4.69) is 0 Å². The number of hydrogen-bond donors (Lipinski definition) is 0. The Hall–Kier alpha value is -1.09. The normalized spacial score (nSPS) is 10.3. The van der Waals surface area contributed by atoms with Crippen LogP contribution in [-0.2, 0) is 11.2 Å². The Morgan fingerprint density at radius 2 is 1.94 bits per heavy atom. The fourth-order valence-electron chi connectivity index (χ4n) is 1.62. The van der Waals surface area contributed by atoms with Gasteiger partial charge in [0.15, 0.2) is 0 Å². The van der Waals surface area contributed by atoms with Crippen LogP contribution in [0, 0.1) is 5.82 Å². The average molecular weight is 258 g/mol. The molecule has 0 unspecified atom stereocenters. The molecule has 0 N–H and O–H groups in total. The van der Waals surface area contributed by atoms with E-state index < -0.39 is 0 Å². The van der Waals surface area contributed by atoms with Gasteiger partial charge in [-0.2, -0.15) is 0 Å². The molecule has 0 aromatic heterocycles. The van der Waals surface area contributed by atoms with Crippen molar-refractivity contribution in [3.63, 3.8) is 0 Å². The standard InChI is InChI=1S/C13H17ClFNO/c1-2-8-16(9-7-14)13(17)10-11-3-5-12(15)6-4-11/h3-6H,2,7-10H2,1H3. The van der Waals surface area contributed by atoms with E-state index in [0.717, 1.165) is 12.0 Å². The van der Waals surface area contributed by atoms with Crippen molar-refractivity contribution < 1.29 is 9.18 Å². The maximum atomic E-state index is 12.7. The number of rotatable bonds is 6. The van der Waals surface area contributed by atoms with Crippen molar-refractivity contribution in [2.75, 3.05) is 19.0 Å². The lowest BCUT2D eigenvalue weighted by Gasteiger charge is -2.20. The minimum absolute atomic E-state index is 0.0408. The van der Waals surface area contributed by atoms with Crippen LogP contribution in [-0.4, -0.2) is 29.8 Å². The highest BCUT2D eigenvalue weighted by Crippen LogP contribution is 2.06. The monoisotopic (exact) mass is 257 g/mol. The first kappa shape index (κ1) is 14.0. The third-order valence-electron chi connectivity index (χ3n) is 2.47. The Bertz CT molecular complexity index is 347. The topological polar surface area (TPSA) is 20.3 Å². The molecule has 0 atom stereocenters. The van der Waals surface area contributed by atoms with E-state index in [1.165, 1.54) is 12.1 Å². The molecule has 0 saturated carbocycles. The Morgan fingerprint density at radius 3 is 2.47 bits per heavy atom. The number of benzene rings is 1. The maximum absolute atomic E-state index is 12.7. The van der Waals surface area contributed by atoms with Gasteiger partial charge in [0.2, 0.25) is 5.91 Å². The van der Waals surface area contributed by atoms with E-state index in [1.807, 2.05) is 6.92 Å². The predicted octanol–water partition coefficient (Wildman–Crippen LogP) is 2.85. The highest BCUT2D eigenvalue weighted by atomic mass is 35.5. The summed E-state index contributed by atoms with van der Waals surface area (Å²) < 4.78 is 12.7. The van der Waals surface area contributed by atoms with Gasteiger partial charge in [-0.3, -0.25) is 4.79 Å². The molecule has 0 saturated heterocycles. The number of hydrogen-bond acceptors (Lipinski definition) is 1. The first-order valence-corrected chi connectivity index (χ1v) is 6.29. The average Bonchev–Trinajstić information content (AvgIpc) is 2.32. The summed E-state index contributed by atoms with van der Waals surface area (Å²) in [7, 11) is 0. The van der Waals surface area contributed by atoms with Crippen LogP contribution < -0.4 is 0 Å². The fraction of sp³-hybridized carbons (Fsp3) is 0.462. The summed E-state index contributed by atoms with van der Waals surface area (Å²) in [4.78, 5) is 13.7. The third-order valence-corrected chi connectivity index (χ3v) is 2.64. The highest BCUT2D eigenvalue weighted by molar-refractivity contribution is 6.18. The minimum atomic E-state index is -0.285. The summed E-state index contributed by atoms with van der Waals surface area (Å²) in [6.07, 6.45) is 1.21. The lowest BCUT2D eigenvalue weighted by molar-refractivity contribution is -0.130. The van der Waals surface area contributed by atoms with Gasteiger partial charge >= 0.3 is 0 Å². The van der Waals surface area contributed by atoms with Crippen molar-refractivity contribution in [3.8, 4) is 0 Å². The van der Waals surface area contributed by atoms with Crippen LogP contribution in [0.2, 0.25) is 0 Å². The van der Waals surface area contributed by atoms with Crippen molar-refractivity contribution >= 4 is 17.5 Å². The van der Waals surface area contributed by atoms with Crippen molar-refractivity contribution in [1.29, 1.82) is 0 Å². The molecular weight excluding hydrogens is 241 g/mol. The molecule has 4 heteroatoms. The summed E-state index contributed by atoms with van der Waals surface area (Å²) in [5.74, 6) is 0.196. The molecule has 0 aliphatic rings. The van der Waals surface area contributed by atoms with E-state index >= 15 is 0 Å². The van der Waals surface area contributed by atoms with E-state index in [0.29, 0.717) is 25.4 Å². The molecule has 94 valence electrons. The number of amides is 1. The molecule has 0 aliphatic heterocycles. The van der Waals surface area contributed by atoms with Crippen LogP contribution in [0.4, 0.5) is 4.39 Å². The van der Waals surface area contributed by atoms with Gasteiger partial charge in [0.05, 0.1) is 6.42 Å². The molecule has 0 radical (unpaired) electrons. The summed E-state index contributed by atoms with van der Waals surface area (Å²) in [6.45, 7) is 3.30. The van der Waals surface area contributed by atoms with Crippen molar-refractivity contribution in [2.45, 2.75) is 19.8 Å². The second kappa shape index (κ2) is 7.28. The van der Waals surface area contributed by atoms with E-state index in [-0.39, 0.29) is 11.7 Å². The van der Waals surface area contributed by atoms with E-state index in [4.69, 9.17) is 11.6 Å². The zero-order valence-electron chi connectivity index (χ0n) is 9.96.